The van der Waals surface area contributed by atoms with Crippen LogP contribution in [0.1, 0.15) is 12.7 Å². The highest BCUT2D eigenvalue weighted by molar-refractivity contribution is 6.20. The summed E-state index contributed by atoms with van der Waals surface area (Å²) in [6, 6.07) is 1.83. The van der Waals surface area contributed by atoms with Gasteiger partial charge >= 0.3 is 0 Å². The lowest BCUT2D eigenvalue weighted by molar-refractivity contribution is 0.961. The van der Waals surface area contributed by atoms with Crippen LogP contribution < -0.4 is 5.32 Å². The third kappa shape index (κ3) is 3.05. The molecule has 12 heavy (non-hydrogen) atoms. The van der Waals surface area contributed by atoms with Gasteiger partial charge in [-0.25, -0.2) is 9.97 Å². The van der Waals surface area contributed by atoms with E-state index in [4.69, 9.17) is 11.6 Å². The Kier molecular flexibility index (Phi) is 3.29. The summed E-state index contributed by atoms with van der Waals surface area (Å²) in [5.41, 5.74) is 0. The zero-order chi connectivity index (χ0) is 8.97. The summed E-state index contributed by atoms with van der Waals surface area (Å²) in [5, 5.41) is 3.21. The Morgan fingerprint density at radius 3 is 3.00 bits per heavy atom. The molecule has 1 aromatic heterocycles. The monoisotopic (exact) mass is 185 g/mol. The molecule has 0 saturated carbocycles. The van der Waals surface area contributed by atoms with E-state index < -0.39 is 0 Å². The SMILES string of the molecule is Cc1nccc(NCC(C)Cl)n1. The average Bonchev–Trinajstić information content (AvgIpc) is 2.01. The van der Waals surface area contributed by atoms with Crippen LogP contribution in [0.15, 0.2) is 12.3 Å². The molecule has 4 heteroatoms. The predicted octanol–water partition coefficient (Wildman–Crippen LogP) is 1.82. The fourth-order valence-electron chi connectivity index (χ4n) is 0.800. The van der Waals surface area contributed by atoms with Gasteiger partial charge in [-0.05, 0) is 19.9 Å². The first-order valence-electron chi connectivity index (χ1n) is 3.86. The Hall–Kier alpha value is -0.830. The smallest absolute Gasteiger partial charge is 0.129 e. The predicted molar refractivity (Wildman–Crippen MR) is 50.6 cm³/mol. The van der Waals surface area contributed by atoms with E-state index in [1.54, 1.807) is 6.20 Å². The van der Waals surface area contributed by atoms with E-state index >= 15 is 0 Å². The van der Waals surface area contributed by atoms with Crippen molar-refractivity contribution in [2.75, 3.05) is 11.9 Å². The number of halogens is 1. The lowest BCUT2D eigenvalue weighted by atomic mass is 10.4. The number of nitrogens with zero attached hydrogens (tertiary/aromatic N) is 2. The van der Waals surface area contributed by atoms with Crippen molar-refractivity contribution in [2.45, 2.75) is 19.2 Å². The van der Waals surface area contributed by atoms with E-state index in [2.05, 4.69) is 15.3 Å². The number of alkyl halides is 1. The lowest BCUT2D eigenvalue weighted by Gasteiger charge is -2.06. The first-order chi connectivity index (χ1) is 5.68. The van der Waals surface area contributed by atoms with Crippen LogP contribution in [0.3, 0.4) is 0 Å². The molecule has 0 amide bonds. The van der Waals surface area contributed by atoms with Gasteiger partial charge < -0.3 is 5.32 Å². The molecule has 0 spiro atoms. The summed E-state index contributed by atoms with van der Waals surface area (Å²) in [7, 11) is 0. The summed E-state index contributed by atoms with van der Waals surface area (Å²) in [6.45, 7) is 4.51. The van der Waals surface area contributed by atoms with Crippen molar-refractivity contribution in [3.63, 3.8) is 0 Å². The molecule has 1 unspecified atom stereocenters. The number of rotatable bonds is 3. The molecule has 0 radical (unpaired) electrons. The number of aromatic nitrogens is 2. The highest BCUT2D eigenvalue weighted by atomic mass is 35.5. The second-order valence-corrected chi connectivity index (χ2v) is 3.40. The lowest BCUT2D eigenvalue weighted by Crippen LogP contribution is -2.11. The molecule has 3 nitrogen and oxygen atoms in total. The number of hydrogen-bond donors (Lipinski definition) is 1. The molecule has 1 aromatic rings. The van der Waals surface area contributed by atoms with Gasteiger partial charge in [-0.15, -0.1) is 11.6 Å². The van der Waals surface area contributed by atoms with Gasteiger partial charge in [0.15, 0.2) is 0 Å². The van der Waals surface area contributed by atoms with Crippen LogP contribution in [0.2, 0.25) is 0 Å². The summed E-state index contributed by atoms with van der Waals surface area (Å²) >= 11 is 5.76. The molecule has 0 fully saturated rings. The summed E-state index contributed by atoms with van der Waals surface area (Å²) < 4.78 is 0. The van der Waals surface area contributed by atoms with Gasteiger partial charge in [-0.1, -0.05) is 0 Å². The normalized spacial score (nSPS) is 12.6. The molecule has 0 aliphatic rings. The van der Waals surface area contributed by atoms with Gasteiger partial charge in [0, 0.05) is 18.1 Å². The third-order valence-corrected chi connectivity index (χ3v) is 1.49. The molecule has 0 saturated heterocycles. The van der Waals surface area contributed by atoms with Crippen LogP contribution >= 0.6 is 11.6 Å². The largest absolute Gasteiger partial charge is 0.368 e. The Morgan fingerprint density at radius 1 is 1.67 bits per heavy atom. The molecule has 0 bridgehead atoms. The molecule has 1 atom stereocenters. The van der Waals surface area contributed by atoms with Crippen LogP contribution in [-0.4, -0.2) is 21.9 Å². The molecule has 66 valence electrons. The molecular weight excluding hydrogens is 174 g/mol. The maximum Gasteiger partial charge on any atom is 0.129 e. The second-order valence-electron chi connectivity index (χ2n) is 2.65. The van der Waals surface area contributed by atoms with Crippen LogP contribution in [0, 0.1) is 6.92 Å². The maximum absolute atomic E-state index is 5.76. The minimum Gasteiger partial charge on any atom is -0.368 e. The van der Waals surface area contributed by atoms with E-state index in [9.17, 15) is 0 Å². The van der Waals surface area contributed by atoms with E-state index in [-0.39, 0.29) is 5.38 Å². The molecule has 1 rings (SSSR count). The third-order valence-electron chi connectivity index (χ3n) is 1.34. The number of aryl methyl sites for hydroxylation is 1. The minimum atomic E-state index is 0.111. The Balaban J connectivity index is 2.52. The zero-order valence-corrected chi connectivity index (χ0v) is 7.97. The number of anilines is 1. The van der Waals surface area contributed by atoms with Gasteiger partial charge in [0.2, 0.25) is 0 Å². The molecular formula is C8H12ClN3. The van der Waals surface area contributed by atoms with E-state index in [1.807, 2.05) is 19.9 Å². The first-order valence-corrected chi connectivity index (χ1v) is 4.29. The Labute approximate surface area is 77.2 Å². The number of hydrogen-bond acceptors (Lipinski definition) is 3. The van der Waals surface area contributed by atoms with Gasteiger partial charge in [0.25, 0.3) is 0 Å². The van der Waals surface area contributed by atoms with Gasteiger partial charge in [0.05, 0.1) is 0 Å². The molecule has 1 heterocycles. The van der Waals surface area contributed by atoms with Crippen molar-refractivity contribution in [3.8, 4) is 0 Å². The van der Waals surface area contributed by atoms with E-state index in [0.717, 1.165) is 18.2 Å². The highest BCUT2D eigenvalue weighted by Gasteiger charge is 1.97. The standard InChI is InChI=1S/C8H12ClN3/c1-6(9)5-11-8-3-4-10-7(2)12-8/h3-4,6H,5H2,1-2H3,(H,10,11,12). The summed E-state index contributed by atoms with van der Waals surface area (Å²) in [4.78, 5) is 8.15. The maximum atomic E-state index is 5.76. The van der Waals surface area contributed by atoms with Gasteiger partial charge in [-0.2, -0.15) is 0 Å². The van der Waals surface area contributed by atoms with Crippen molar-refractivity contribution in [3.05, 3.63) is 18.1 Å². The highest BCUT2D eigenvalue weighted by Crippen LogP contribution is 2.02. The van der Waals surface area contributed by atoms with Gasteiger partial charge in [-0.3, -0.25) is 0 Å². The van der Waals surface area contributed by atoms with Crippen LogP contribution in [0.4, 0.5) is 5.82 Å². The molecule has 1 N–H and O–H groups in total. The second kappa shape index (κ2) is 4.26. The van der Waals surface area contributed by atoms with Crippen molar-refractivity contribution < 1.29 is 0 Å². The van der Waals surface area contributed by atoms with Crippen molar-refractivity contribution in [1.29, 1.82) is 0 Å². The fourth-order valence-corrected chi connectivity index (χ4v) is 0.877. The minimum absolute atomic E-state index is 0.111. The molecule has 0 aliphatic carbocycles. The van der Waals surface area contributed by atoms with E-state index in [0.29, 0.717) is 0 Å². The summed E-state index contributed by atoms with van der Waals surface area (Å²) in [5.74, 6) is 1.59. The zero-order valence-electron chi connectivity index (χ0n) is 7.21. The van der Waals surface area contributed by atoms with Crippen LogP contribution in [-0.2, 0) is 0 Å². The Morgan fingerprint density at radius 2 is 2.42 bits per heavy atom. The van der Waals surface area contributed by atoms with Crippen molar-refractivity contribution in [2.24, 2.45) is 0 Å². The quantitative estimate of drug-likeness (QED) is 0.731. The molecule has 0 aliphatic heterocycles. The summed E-state index contributed by atoms with van der Waals surface area (Å²) in [6.07, 6.45) is 1.73. The average molecular weight is 186 g/mol. The first kappa shape index (κ1) is 9.26. The molecule has 0 aromatic carbocycles. The van der Waals surface area contributed by atoms with Crippen molar-refractivity contribution in [1.82, 2.24) is 9.97 Å². The topological polar surface area (TPSA) is 37.8 Å². The number of nitrogens with one attached hydrogen (secondary N) is 1. The van der Waals surface area contributed by atoms with E-state index in [1.165, 1.54) is 0 Å². The van der Waals surface area contributed by atoms with Crippen LogP contribution in [0.5, 0.6) is 0 Å². The van der Waals surface area contributed by atoms with Gasteiger partial charge in [0.1, 0.15) is 11.6 Å². The van der Waals surface area contributed by atoms with Crippen molar-refractivity contribution >= 4 is 17.4 Å². The van der Waals surface area contributed by atoms with Crippen LogP contribution in [0.25, 0.3) is 0 Å². The Bertz CT molecular complexity index is 250. The fraction of sp³-hybridized carbons (Fsp3) is 0.500.